The van der Waals surface area contributed by atoms with E-state index >= 15 is 0 Å². The van der Waals surface area contributed by atoms with Crippen LogP contribution in [0, 0.1) is 11.6 Å². The van der Waals surface area contributed by atoms with Crippen molar-refractivity contribution in [2.45, 2.75) is 6.18 Å². The van der Waals surface area contributed by atoms with Gasteiger partial charge in [0.15, 0.2) is 11.6 Å². The highest BCUT2D eigenvalue weighted by Gasteiger charge is 2.30. The van der Waals surface area contributed by atoms with Crippen molar-refractivity contribution >= 4 is 23.2 Å². The molecule has 0 atom stereocenters. The lowest BCUT2D eigenvalue weighted by atomic mass is 10.1. The molecule has 0 aliphatic heterocycles. The average Bonchev–Trinajstić information content (AvgIpc) is 2.42. The van der Waals surface area contributed by atoms with Crippen molar-refractivity contribution in [1.29, 1.82) is 0 Å². The van der Waals surface area contributed by atoms with E-state index < -0.39 is 29.3 Å². The average molecular weight is 336 g/mol. The smallest absolute Gasteiger partial charge is 0.322 e. The number of alkyl halides is 3. The van der Waals surface area contributed by atoms with E-state index in [1.54, 1.807) is 0 Å². The van der Waals surface area contributed by atoms with Gasteiger partial charge in [-0.15, -0.1) is 0 Å². The number of nitrogens with one attached hydrogen (secondary N) is 1. The van der Waals surface area contributed by atoms with E-state index in [0.29, 0.717) is 12.1 Å². The Labute approximate surface area is 126 Å². The Hall–Kier alpha value is -2.15. The highest BCUT2D eigenvalue weighted by atomic mass is 35.5. The molecule has 0 spiro atoms. The summed E-state index contributed by atoms with van der Waals surface area (Å²) in [5.41, 5.74) is -1.16. The molecule has 0 radical (unpaired) electrons. The van der Waals surface area contributed by atoms with Crippen molar-refractivity contribution in [1.82, 2.24) is 0 Å². The van der Waals surface area contributed by atoms with E-state index in [-0.39, 0.29) is 16.3 Å². The second-order valence-corrected chi connectivity index (χ2v) is 4.68. The molecule has 22 heavy (non-hydrogen) atoms. The molecule has 0 unspecified atom stereocenters. The van der Waals surface area contributed by atoms with Gasteiger partial charge in [-0.1, -0.05) is 11.6 Å². The van der Waals surface area contributed by atoms with Gasteiger partial charge in [-0.25, -0.2) is 8.78 Å². The van der Waals surface area contributed by atoms with Crippen LogP contribution in [-0.2, 0) is 6.18 Å². The van der Waals surface area contributed by atoms with Crippen molar-refractivity contribution in [3.8, 4) is 0 Å². The number of hydrogen-bond donors (Lipinski definition) is 1. The molecule has 1 N–H and O–H groups in total. The maximum atomic E-state index is 13.1. The van der Waals surface area contributed by atoms with Crippen LogP contribution in [0.1, 0.15) is 15.9 Å². The number of carbonyl (C=O) groups excluding carboxylic acids is 1. The highest BCUT2D eigenvalue weighted by Crippen LogP contribution is 2.30. The van der Waals surface area contributed by atoms with Crippen molar-refractivity contribution in [2.24, 2.45) is 0 Å². The Morgan fingerprint density at radius 1 is 1.00 bits per heavy atom. The number of anilines is 1. The summed E-state index contributed by atoms with van der Waals surface area (Å²) in [5.74, 6) is -3.35. The Morgan fingerprint density at radius 3 is 2.09 bits per heavy atom. The van der Waals surface area contributed by atoms with Crippen LogP contribution in [0.4, 0.5) is 27.6 Å². The molecular formula is C14H7ClF5NO. The first-order valence-corrected chi connectivity index (χ1v) is 6.19. The van der Waals surface area contributed by atoms with Crippen LogP contribution >= 0.6 is 11.6 Å². The Morgan fingerprint density at radius 2 is 1.55 bits per heavy atom. The van der Waals surface area contributed by atoms with Gasteiger partial charge in [0.2, 0.25) is 0 Å². The molecule has 0 aliphatic carbocycles. The number of benzene rings is 2. The summed E-state index contributed by atoms with van der Waals surface area (Å²) in [6.07, 6.45) is -4.49. The number of hydrogen-bond acceptors (Lipinski definition) is 1. The van der Waals surface area contributed by atoms with Crippen LogP contribution in [0.5, 0.6) is 0 Å². The fraction of sp³-hybridized carbons (Fsp3) is 0.0714. The number of rotatable bonds is 2. The van der Waals surface area contributed by atoms with Crippen LogP contribution in [-0.4, -0.2) is 5.91 Å². The largest absolute Gasteiger partial charge is 0.416 e. The van der Waals surface area contributed by atoms with E-state index in [4.69, 9.17) is 11.6 Å². The van der Waals surface area contributed by atoms with E-state index in [0.717, 1.165) is 24.3 Å². The Bertz CT molecular complexity index is 712. The van der Waals surface area contributed by atoms with Crippen LogP contribution in [0.25, 0.3) is 0 Å². The maximum Gasteiger partial charge on any atom is 0.416 e. The monoisotopic (exact) mass is 335 g/mol. The zero-order valence-corrected chi connectivity index (χ0v) is 11.4. The zero-order valence-electron chi connectivity index (χ0n) is 10.6. The molecule has 0 aliphatic rings. The third-order valence-electron chi connectivity index (χ3n) is 2.72. The topological polar surface area (TPSA) is 29.1 Å². The predicted octanol–water partition coefficient (Wildman–Crippen LogP) is 4.89. The molecule has 0 bridgehead atoms. The molecule has 2 aromatic carbocycles. The summed E-state index contributed by atoms with van der Waals surface area (Å²) in [6.45, 7) is 0. The number of amides is 1. The van der Waals surface area contributed by atoms with Gasteiger partial charge >= 0.3 is 6.18 Å². The minimum atomic E-state index is -4.49. The summed E-state index contributed by atoms with van der Waals surface area (Å²) in [7, 11) is 0. The van der Waals surface area contributed by atoms with Crippen molar-refractivity contribution in [2.75, 3.05) is 5.32 Å². The predicted molar refractivity (Wildman–Crippen MR) is 70.8 cm³/mol. The Balaban J connectivity index is 2.21. The van der Waals surface area contributed by atoms with Crippen molar-refractivity contribution in [3.05, 3.63) is 64.2 Å². The normalized spacial score (nSPS) is 11.4. The summed E-state index contributed by atoms with van der Waals surface area (Å²) >= 11 is 5.63. The lowest BCUT2D eigenvalue weighted by Gasteiger charge is -2.09. The van der Waals surface area contributed by atoms with Crippen LogP contribution in [0.15, 0.2) is 36.4 Å². The second-order valence-electron chi connectivity index (χ2n) is 4.28. The summed E-state index contributed by atoms with van der Waals surface area (Å²) in [5, 5.41) is 1.93. The molecule has 116 valence electrons. The third-order valence-corrected chi connectivity index (χ3v) is 3.04. The quantitative estimate of drug-likeness (QED) is 0.614. The summed E-state index contributed by atoms with van der Waals surface area (Å²) < 4.78 is 63.2. The minimum absolute atomic E-state index is 0.0544. The fourth-order valence-corrected chi connectivity index (χ4v) is 1.87. The molecule has 0 heterocycles. The lowest BCUT2D eigenvalue weighted by molar-refractivity contribution is -0.137. The Kier molecular flexibility index (Phi) is 4.37. The molecule has 0 saturated heterocycles. The maximum absolute atomic E-state index is 13.1. The van der Waals surface area contributed by atoms with E-state index in [9.17, 15) is 26.7 Å². The van der Waals surface area contributed by atoms with Gasteiger partial charge in [-0.05, 0) is 36.4 Å². The SMILES string of the molecule is O=C(Nc1ccc(C(F)(F)F)cc1)c1cc(F)c(F)cc1Cl. The van der Waals surface area contributed by atoms with Crippen molar-refractivity contribution in [3.63, 3.8) is 0 Å². The van der Waals surface area contributed by atoms with Crippen LogP contribution in [0.3, 0.4) is 0 Å². The highest BCUT2D eigenvalue weighted by molar-refractivity contribution is 6.34. The van der Waals surface area contributed by atoms with E-state index in [2.05, 4.69) is 5.32 Å². The van der Waals surface area contributed by atoms with Gasteiger partial charge in [0.05, 0.1) is 16.1 Å². The van der Waals surface area contributed by atoms with Gasteiger partial charge < -0.3 is 5.32 Å². The fourth-order valence-electron chi connectivity index (χ4n) is 1.64. The first-order valence-electron chi connectivity index (χ1n) is 5.81. The molecular weight excluding hydrogens is 329 g/mol. The van der Waals surface area contributed by atoms with Gasteiger partial charge in [-0.2, -0.15) is 13.2 Å². The van der Waals surface area contributed by atoms with E-state index in [1.807, 2.05) is 0 Å². The first-order chi connectivity index (χ1) is 10.2. The number of halogens is 6. The molecule has 1 amide bonds. The first kappa shape index (κ1) is 16.2. The summed E-state index contributed by atoms with van der Waals surface area (Å²) in [4.78, 5) is 11.9. The minimum Gasteiger partial charge on any atom is -0.322 e. The molecule has 0 fully saturated rings. The van der Waals surface area contributed by atoms with Crippen LogP contribution < -0.4 is 5.32 Å². The molecule has 0 saturated carbocycles. The van der Waals surface area contributed by atoms with E-state index in [1.165, 1.54) is 0 Å². The molecule has 2 nitrogen and oxygen atoms in total. The second kappa shape index (κ2) is 5.92. The molecule has 8 heteroatoms. The molecule has 2 aromatic rings. The van der Waals surface area contributed by atoms with Crippen molar-refractivity contribution < 1.29 is 26.7 Å². The standard InChI is InChI=1S/C14H7ClF5NO/c15-10-6-12(17)11(16)5-9(10)13(22)21-8-3-1-7(2-4-8)14(18,19)20/h1-6H,(H,21,22). The summed E-state index contributed by atoms with van der Waals surface area (Å²) in [6, 6.07) is 4.88. The molecule has 2 rings (SSSR count). The zero-order chi connectivity index (χ0) is 16.5. The van der Waals surface area contributed by atoms with Gasteiger partial charge in [0, 0.05) is 5.69 Å². The number of carbonyl (C=O) groups is 1. The van der Waals surface area contributed by atoms with Gasteiger partial charge in [0.1, 0.15) is 0 Å². The molecule has 0 aromatic heterocycles. The van der Waals surface area contributed by atoms with Gasteiger partial charge in [0.25, 0.3) is 5.91 Å². The third kappa shape index (κ3) is 3.54. The van der Waals surface area contributed by atoms with Gasteiger partial charge in [-0.3, -0.25) is 4.79 Å². The lowest BCUT2D eigenvalue weighted by Crippen LogP contribution is -2.13. The van der Waals surface area contributed by atoms with Crippen LogP contribution in [0.2, 0.25) is 5.02 Å².